The minimum absolute atomic E-state index is 0.263. The van der Waals surface area contributed by atoms with Gasteiger partial charge in [0.15, 0.2) is 0 Å². The van der Waals surface area contributed by atoms with Crippen LogP contribution in [0.25, 0.3) is 11.6 Å². The highest BCUT2D eigenvalue weighted by molar-refractivity contribution is 5.74. The normalized spacial score (nSPS) is 13.4. The van der Waals surface area contributed by atoms with Crippen molar-refractivity contribution in [2.45, 2.75) is 6.42 Å². The van der Waals surface area contributed by atoms with Crippen molar-refractivity contribution in [1.29, 1.82) is 0 Å². The molecule has 0 amide bonds. The molecule has 0 fully saturated rings. The summed E-state index contributed by atoms with van der Waals surface area (Å²) in [4.78, 5) is 2.23. The molecule has 24 heavy (non-hydrogen) atoms. The molecule has 3 heteroatoms. The fourth-order valence-electron chi connectivity index (χ4n) is 2.99. The monoisotopic (exact) mass is 323 g/mol. The third kappa shape index (κ3) is 3.74. The summed E-state index contributed by atoms with van der Waals surface area (Å²) in [7, 11) is 3.62. The third-order valence-corrected chi connectivity index (χ3v) is 4.29. The maximum atomic E-state index is 13.9. The Kier molecular flexibility index (Phi) is 5.11. The van der Waals surface area contributed by atoms with Crippen molar-refractivity contribution in [1.82, 2.24) is 4.90 Å². The topological polar surface area (TPSA) is 12.5 Å². The molecule has 0 atom stereocenters. The highest BCUT2D eigenvalue weighted by atomic mass is 19.1. The number of methoxy groups -OCH3 is 1. The second-order valence-electron chi connectivity index (χ2n) is 6.08. The summed E-state index contributed by atoms with van der Waals surface area (Å²) in [6, 6.07) is 13.5. The average molecular weight is 323 g/mol. The Morgan fingerprint density at radius 2 is 2.04 bits per heavy atom. The van der Waals surface area contributed by atoms with Crippen LogP contribution >= 0.6 is 0 Å². The number of rotatable bonds is 6. The van der Waals surface area contributed by atoms with Crippen LogP contribution in [0.5, 0.6) is 5.75 Å². The van der Waals surface area contributed by atoms with Crippen molar-refractivity contribution in [2.24, 2.45) is 0 Å². The molecule has 0 saturated carbocycles. The van der Waals surface area contributed by atoms with Gasteiger partial charge in [0.05, 0.1) is 7.11 Å². The Morgan fingerprint density at radius 1 is 1.21 bits per heavy atom. The van der Waals surface area contributed by atoms with E-state index in [9.17, 15) is 4.39 Å². The van der Waals surface area contributed by atoms with Gasteiger partial charge in [-0.05, 0) is 42.3 Å². The van der Waals surface area contributed by atoms with E-state index >= 15 is 0 Å². The summed E-state index contributed by atoms with van der Waals surface area (Å²) < 4.78 is 18.9. The van der Waals surface area contributed by atoms with Crippen molar-refractivity contribution in [3.63, 3.8) is 0 Å². The fraction of sp³-hybridized carbons (Fsp3) is 0.238. The van der Waals surface area contributed by atoms with Crippen LogP contribution in [-0.4, -0.2) is 32.1 Å². The summed E-state index contributed by atoms with van der Waals surface area (Å²) >= 11 is 0. The van der Waals surface area contributed by atoms with Gasteiger partial charge in [0.1, 0.15) is 11.6 Å². The van der Waals surface area contributed by atoms with Gasteiger partial charge in [0.25, 0.3) is 0 Å². The third-order valence-electron chi connectivity index (χ3n) is 4.29. The van der Waals surface area contributed by atoms with Crippen LogP contribution in [-0.2, 0) is 6.42 Å². The number of hydrogen-bond acceptors (Lipinski definition) is 2. The predicted octanol–water partition coefficient (Wildman–Crippen LogP) is 4.42. The molecule has 0 spiro atoms. The van der Waals surface area contributed by atoms with E-state index in [1.165, 1.54) is 29.9 Å². The van der Waals surface area contributed by atoms with E-state index in [-0.39, 0.29) is 5.82 Å². The SMILES string of the molecule is COc1ccc(/C=C/CN(C)CC2=CCc3ccccc32)c(F)c1. The highest BCUT2D eigenvalue weighted by Gasteiger charge is 2.14. The van der Waals surface area contributed by atoms with Gasteiger partial charge in [-0.15, -0.1) is 0 Å². The zero-order chi connectivity index (χ0) is 16.9. The Balaban J connectivity index is 1.57. The molecule has 0 radical (unpaired) electrons. The smallest absolute Gasteiger partial charge is 0.134 e. The predicted molar refractivity (Wildman–Crippen MR) is 97.6 cm³/mol. The molecule has 2 nitrogen and oxygen atoms in total. The highest BCUT2D eigenvalue weighted by Crippen LogP contribution is 2.27. The first-order valence-corrected chi connectivity index (χ1v) is 8.13. The molecule has 0 N–H and O–H groups in total. The Bertz CT molecular complexity index is 779. The zero-order valence-corrected chi connectivity index (χ0v) is 14.1. The van der Waals surface area contributed by atoms with Gasteiger partial charge in [0.2, 0.25) is 0 Å². The molecule has 3 rings (SSSR count). The van der Waals surface area contributed by atoms with Crippen molar-refractivity contribution in [3.8, 4) is 5.75 Å². The lowest BCUT2D eigenvalue weighted by molar-refractivity contribution is 0.411. The van der Waals surface area contributed by atoms with Gasteiger partial charge in [-0.3, -0.25) is 4.90 Å². The number of likely N-dealkylation sites (N-methyl/N-ethyl adjacent to an activating group) is 1. The van der Waals surface area contributed by atoms with Crippen LogP contribution in [0.1, 0.15) is 16.7 Å². The lowest BCUT2D eigenvalue weighted by atomic mass is 10.1. The summed E-state index contributed by atoms with van der Waals surface area (Å²) in [5.41, 5.74) is 4.71. The quantitative estimate of drug-likeness (QED) is 0.780. The number of fused-ring (bicyclic) bond motifs is 1. The van der Waals surface area contributed by atoms with E-state index in [1.54, 1.807) is 12.1 Å². The van der Waals surface area contributed by atoms with Crippen molar-refractivity contribution in [2.75, 3.05) is 27.2 Å². The molecule has 0 bridgehead atoms. The molecule has 0 heterocycles. The van der Waals surface area contributed by atoms with Crippen LogP contribution in [0.3, 0.4) is 0 Å². The first-order chi connectivity index (χ1) is 11.7. The molecule has 1 aliphatic carbocycles. The molecule has 1 aliphatic rings. The van der Waals surface area contributed by atoms with Crippen molar-refractivity contribution in [3.05, 3.63) is 77.1 Å². The molecule has 0 aliphatic heterocycles. The van der Waals surface area contributed by atoms with Crippen LogP contribution in [0, 0.1) is 5.82 Å². The fourth-order valence-corrected chi connectivity index (χ4v) is 2.99. The summed E-state index contributed by atoms with van der Waals surface area (Å²) in [5.74, 6) is 0.272. The van der Waals surface area contributed by atoms with Gasteiger partial charge < -0.3 is 4.74 Å². The van der Waals surface area contributed by atoms with E-state index in [0.717, 1.165) is 19.5 Å². The van der Waals surface area contributed by atoms with Gasteiger partial charge in [-0.25, -0.2) is 4.39 Å². The minimum atomic E-state index is -0.263. The van der Waals surface area contributed by atoms with E-state index < -0.39 is 0 Å². The van der Waals surface area contributed by atoms with Crippen LogP contribution in [0.2, 0.25) is 0 Å². The van der Waals surface area contributed by atoms with Gasteiger partial charge >= 0.3 is 0 Å². The number of ether oxygens (including phenoxy) is 1. The second-order valence-corrected chi connectivity index (χ2v) is 6.08. The van der Waals surface area contributed by atoms with E-state index in [2.05, 4.69) is 42.3 Å². The Morgan fingerprint density at radius 3 is 2.83 bits per heavy atom. The summed E-state index contributed by atoms with van der Waals surface area (Å²) in [6.07, 6.45) is 7.13. The Labute approximate surface area is 142 Å². The second kappa shape index (κ2) is 7.45. The maximum Gasteiger partial charge on any atom is 0.134 e. The van der Waals surface area contributed by atoms with E-state index in [4.69, 9.17) is 4.74 Å². The standard InChI is InChI=1S/C21H22FNO/c1-23(15-18-10-9-16-6-3-4-8-20(16)18)13-5-7-17-11-12-19(24-2)14-21(17)22/h3-8,10-12,14H,9,13,15H2,1-2H3/b7-5+. The lowest BCUT2D eigenvalue weighted by Crippen LogP contribution is -2.20. The largest absolute Gasteiger partial charge is 0.497 e. The molecule has 2 aromatic rings. The Hall–Kier alpha value is -2.39. The molecule has 0 unspecified atom stereocenters. The average Bonchev–Trinajstić information content (AvgIpc) is 2.99. The zero-order valence-electron chi connectivity index (χ0n) is 14.1. The van der Waals surface area contributed by atoms with E-state index in [0.29, 0.717) is 11.3 Å². The summed E-state index contributed by atoms with van der Waals surface area (Å²) in [6.45, 7) is 1.66. The summed E-state index contributed by atoms with van der Waals surface area (Å²) in [5, 5.41) is 0. The number of halogens is 1. The van der Waals surface area contributed by atoms with Gasteiger partial charge in [-0.2, -0.15) is 0 Å². The van der Waals surface area contributed by atoms with Gasteiger partial charge in [0, 0.05) is 24.7 Å². The van der Waals surface area contributed by atoms with Crippen LogP contribution < -0.4 is 4.74 Å². The first-order valence-electron chi connectivity index (χ1n) is 8.13. The maximum absolute atomic E-state index is 13.9. The van der Waals surface area contributed by atoms with Crippen LogP contribution in [0.4, 0.5) is 4.39 Å². The molecule has 0 aromatic heterocycles. The molecule has 2 aromatic carbocycles. The van der Waals surface area contributed by atoms with E-state index in [1.807, 2.05) is 12.2 Å². The number of allylic oxidation sites excluding steroid dienone is 1. The number of benzene rings is 2. The molecule has 0 saturated heterocycles. The van der Waals surface area contributed by atoms with Crippen LogP contribution in [0.15, 0.2) is 54.6 Å². The molecular weight excluding hydrogens is 301 g/mol. The molecule has 124 valence electrons. The molecular formula is C21H22FNO. The lowest BCUT2D eigenvalue weighted by Gasteiger charge is -2.16. The first kappa shape index (κ1) is 16.5. The number of nitrogens with zero attached hydrogens (tertiary/aromatic N) is 1. The van der Waals surface area contributed by atoms with Crippen molar-refractivity contribution >= 4 is 11.6 Å². The number of hydrogen-bond donors (Lipinski definition) is 0. The van der Waals surface area contributed by atoms with Gasteiger partial charge in [-0.1, -0.05) is 42.5 Å². The van der Waals surface area contributed by atoms with Crippen molar-refractivity contribution < 1.29 is 9.13 Å². The minimum Gasteiger partial charge on any atom is -0.497 e.